The Balaban J connectivity index is 1.68. The van der Waals surface area contributed by atoms with Crippen LogP contribution in [0.25, 0.3) is 0 Å². The zero-order chi connectivity index (χ0) is 31.4. The van der Waals surface area contributed by atoms with E-state index >= 15 is 0 Å². The fourth-order valence-corrected chi connectivity index (χ4v) is 4.13. The van der Waals surface area contributed by atoms with Gasteiger partial charge in [-0.25, -0.2) is 4.79 Å². The lowest BCUT2D eigenvalue weighted by atomic mass is 10.1. The van der Waals surface area contributed by atoms with Crippen LogP contribution in [0, 0.1) is 5.92 Å². The molecule has 0 spiro atoms. The highest BCUT2D eigenvalue weighted by Crippen LogP contribution is 2.29. The number of urea groups is 1. The Bertz CT molecular complexity index is 1430. The van der Waals surface area contributed by atoms with E-state index in [1.807, 2.05) is 13.8 Å². The van der Waals surface area contributed by atoms with Crippen molar-refractivity contribution in [1.82, 2.24) is 5.32 Å². The summed E-state index contributed by atoms with van der Waals surface area (Å²) in [4.78, 5) is 52.9. The van der Waals surface area contributed by atoms with Crippen LogP contribution < -0.4 is 29.9 Å². The standard InChI is InChI=1S/C32H38N4O7/c1-22(2)15-16-36(29(37)20-33-32(41)34-24-10-7-9-23(17-24)18-31(39)40)27-13-5-6-14-28(27)43-21-30(38)35(3)25-11-8-12-26(19-25)42-4/h5-14,17,19,22H,15-16,18,20-21H2,1-4H3,(H,39,40)(H2,33,34,41). The number of carbonyl (C=O) groups excluding carboxylic acids is 3. The number of amides is 4. The van der Waals surface area contributed by atoms with Crippen LogP contribution in [0.5, 0.6) is 11.5 Å². The minimum absolute atomic E-state index is 0.176. The Morgan fingerprint density at radius 2 is 1.67 bits per heavy atom. The minimum Gasteiger partial charge on any atom is -0.497 e. The number of para-hydroxylation sites is 2. The molecule has 4 amide bonds. The molecule has 0 saturated heterocycles. The largest absolute Gasteiger partial charge is 0.497 e. The third-order valence-corrected chi connectivity index (χ3v) is 6.49. The SMILES string of the molecule is COc1cccc(N(C)C(=O)COc2ccccc2N(CCC(C)C)C(=O)CNC(=O)Nc2cccc(CC(=O)O)c2)c1. The summed E-state index contributed by atoms with van der Waals surface area (Å²) in [5.41, 5.74) is 2.07. The lowest BCUT2D eigenvalue weighted by Crippen LogP contribution is -2.42. The molecule has 0 saturated carbocycles. The lowest BCUT2D eigenvalue weighted by molar-refractivity contribution is -0.136. The van der Waals surface area contributed by atoms with Crippen molar-refractivity contribution >= 4 is 40.9 Å². The quantitative estimate of drug-likeness (QED) is 0.250. The fourth-order valence-electron chi connectivity index (χ4n) is 4.13. The predicted molar refractivity (Wildman–Crippen MR) is 165 cm³/mol. The van der Waals surface area contributed by atoms with Gasteiger partial charge in [0.15, 0.2) is 6.61 Å². The predicted octanol–water partition coefficient (Wildman–Crippen LogP) is 4.56. The molecule has 11 nitrogen and oxygen atoms in total. The summed E-state index contributed by atoms with van der Waals surface area (Å²) < 4.78 is 11.2. The van der Waals surface area contributed by atoms with Crippen LogP contribution in [-0.4, -0.2) is 62.8 Å². The number of carboxylic acid groups (broad SMARTS) is 1. The number of methoxy groups -OCH3 is 1. The molecule has 0 aliphatic heterocycles. The number of likely N-dealkylation sites (N-methyl/N-ethyl adjacent to an activating group) is 1. The first-order chi connectivity index (χ1) is 20.6. The number of benzene rings is 3. The van der Waals surface area contributed by atoms with Gasteiger partial charge >= 0.3 is 12.0 Å². The number of carbonyl (C=O) groups is 4. The summed E-state index contributed by atoms with van der Waals surface area (Å²) in [5, 5.41) is 14.2. The van der Waals surface area contributed by atoms with Crippen molar-refractivity contribution in [1.29, 1.82) is 0 Å². The fraction of sp³-hybridized carbons (Fsp3) is 0.312. The first-order valence-corrected chi connectivity index (χ1v) is 13.9. The molecule has 0 aliphatic carbocycles. The summed E-state index contributed by atoms with van der Waals surface area (Å²) in [5.74, 6) is -0.370. The van der Waals surface area contributed by atoms with Crippen LogP contribution in [0.1, 0.15) is 25.8 Å². The highest BCUT2D eigenvalue weighted by Gasteiger charge is 2.22. The van der Waals surface area contributed by atoms with Crippen LogP contribution in [-0.2, 0) is 20.8 Å². The number of nitrogens with zero attached hydrogens (tertiary/aromatic N) is 2. The third kappa shape index (κ3) is 10.1. The maximum absolute atomic E-state index is 13.4. The van der Waals surface area contributed by atoms with Crippen LogP contribution in [0.15, 0.2) is 72.8 Å². The van der Waals surface area contributed by atoms with Gasteiger partial charge in [-0.05, 0) is 54.3 Å². The van der Waals surface area contributed by atoms with E-state index in [-0.39, 0.29) is 31.4 Å². The van der Waals surface area contributed by atoms with Crippen molar-refractivity contribution in [2.75, 3.05) is 49.0 Å². The number of hydrogen-bond donors (Lipinski definition) is 3. The maximum Gasteiger partial charge on any atom is 0.319 e. The number of aliphatic carboxylic acids is 1. The second kappa shape index (κ2) is 15.8. The van der Waals surface area contributed by atoms with Crippen LogP contribution in [0.3, 0.4) is 0 Å². The van der Waals surface area contributed by atoms with Gasteiger partial charge in [0, 0.05) is 31.0 Å². The number of anilines is 3. The van der Waals surface area contributed by atoms with Crippen molar-refractivity contribution < 1.29 is 33.8 Å². The maximum atomic E-state index is 13.4. The zero-order valence-corrected chi connectivity index (χ0v) is 24.8. The molecule has 3 aromatic rings. The molecule has 0 atom stereocenters. The van der Waals surface area contributed by atoms with Gasteiger partial charge in [0.1, 0.15) is 11.5 Å². The number of rotatable bonds is 14. The molecule has 0 fully saturated rings. The molecule has 11 heteroatoms. The van der Waals surface area contributed by atoms with Gasteiger partial charge in [0.05, 0.1) is 25.8 Å². The van der Waals surface area contributed by atoms with Gasteiger partial charge in [0.25, 0.3) is 5.91 Å². The average molecular weight is 591 g/mol. The Hall–Kier alpha value is -5.06. The Morgan fingerprint density at radius 1 is 0.930 bits per heavy atom. The first kappa shape index (κ1) is 32.5. The molecule has 0 radical (unpaired) electrons. The molecule has 0 aliphatic rings. The zero-order valence-electron chi connectivity index (χ0n) is 24.8. The van der Waals surface area contributed by atoms with Crippen LogP contribution in [0.2, 0.25) is 0 Å². The van der Waals surface area contributed by atoms with Gasteiger partial charge in [-0.15, -0.1) is 0 Å². The third-order valence-electron chi connectivity index (χ3n) is 6.49. The van der Waals surface area contributed by atoms with Gasteiger partial charge < -0.3 is 35.0 Å². The van der Waals surface area contributed by atoms with E-state index in [2.05, 4.69) is 10.6 Å². The van der Waals surface area contributed by atoms with Crippen molar-refractivity contribution in [3.05, 3.63) is 78.4 Å². The summed E-state index contributed by atoms with van der Waals surface area (Å²) in [6.07, 6.45) is 0.519. The van der Waals surface area contributed by atoms with E-state index in [0.717, 1.165) is 0 Å². The topological polar surface area (TPSA) is 138 Å². The smallest absolute Gasteiger partial charge is 0.319 e. The van der Waals surface area contributed by atoms with E-state index in [1.54, 1.807) is 91.9 Å². The highest BCUT2D eigenvalue weighted by molar-refractivity contribution is 5.99. The molecule has 3 rings (SSSR count). The second-order valence-electron chi connectivity index (χ2n) is 10.2. The minimum atomic E-state index is -0.980. The van der Waals surface area contributed by atoms with E-state index in [0.29, 0.717) is 53.0 Å². The molecular weight excluding hydrogens is 552 g/mol. The molecule has 43 heavy (non-hydrogen) atoms. The Morgan fingerprint density at radius 3 is 2.40 bits per heavy atom. The van der Waals surface area contributed by atoms with E-state index in [4.69, 9.17) is 14.6 Å². The monoisotopic (exact) mass is 590 g/mol. The van der Waals surface area contributed by atoms with Gasteiger partial charge in [-0.1, -0.05) is 44.2 Å². The van der Waals surface area contributed by atoms with Crippen molar-refractivity contribution in [2.45, 2.75) is 26.7 Å². The normalized spacial score (nSPS) is 10.5. The number of hydrogen-bond acceptors (Lipinski definition) is 6. The van der Waals surface area contributed by atoms with E-state index < -0.39 is 12.0 Å². The molecule has 0 heterocycles. The summed E-state index contributed by atoms with van der Waals surface area (Å²) in [7, 11) is 3.20. The number of carboxylic acids is 1. The Labute approximate surface area is 251 Å². The molecule has 0 unspecified atom stereocenters. The number of ether oxygens (including phenoxy) is 2. The van der Waals surface area contributed by atoms with Gasteiger partial charge in [-0.3, -0.25) is 14.4 Å². The molecule has 228 valence electrons. The molecule has 0 aromatic heterocycles. The average Bonchev–Trinajstić information content (AvgIpc) is 2.98. The summed E-state index contributed by atoms with van der Waals surface area (Å²) in [6, 6.07) is 19.9. The molecule has 0 bridgehead atoms. The second-order valence-corrected chi connectivity index (χ2v) is 10.2. The summed E-state index contributed by atoms with van der Waals surface area (Å²) >= 11 is 0. The van der Waals surface area contributed by atoms with E-state index in [1.165, 1.54) is 4.90 Å². The van der Waals surface area contributed by atoms with E-state index in [9.17, 15) is 19.2 Å². The van der Waals surface area contributed by atoms with Crippen molar-refractivity contribution in [3.8, 4) is 11.5 Å². The lowest BCUT2D eigenvalue weighted by Gasteiger charge is -2.26. The van der Waals surface area contributed by atoms with Crippen molar-refractivity contribution in [2.24, 2.45) is 5.92 Å². The van der Waals surface area contributed by atoms with Gasteiger partial charge in [0.2, 0.25) is 5.91 Å². The highest BCUT2D eigenvalue weighted by atomic mass is 16.5. The van der Waals surface area contributed by atoms with Gasteiger partial charge in [-0.2, -0.15) is 0 Å². The van der Waals surface area contributed by atoms with Crippen LogP contribution >= 0.6 is 0 Å². The first-order valence-electron chi connectivity index (χ1n) is 13.9. The Kier molecular flexibility index (Phi) is 11.9. The van der Waals surface area contributed by atoms with Crippen molar-refractivity contribution in [3.63, 3.8) is 0 Å². The molecular formula is C32H38N4O7. The summed E-state index contributed by atoms with van der Waals surface area (Å²) in [6.45, 7) is 3.89. The number of nitrogens with one attached hydrogen (secondary N) is 2. The molecule has 3 N–H and O–H groups in total. The molecule has 3 aromatic carbocycles. The van der Waals surface area contributed by atoms with Crippen LogP contribution in [0.4, 0.5) is 21.9 Å².